The summed E-state index contributed by atoms with van der Waals surface area (Å²) in [5.74, 6) is 0. The van der Waals surface area contributed by atoms with E-state index in [2.05, 4.69) is 15.2 Å². The van der Waals surface area contributed by atoms with Crippen LogP contribution in [0.3, 0.4) is 0 Å². The Kier molecular flexibility index (Phi) is 2.77. The molecule has 108 valence electrons. The summed E-state index contributed by atoms with van der Waals surface area (Å²) in [6, 6.07) is 5.31. The van der Waals surface area contributed by atoms with Gasteiger partial charge >= 0.3 is 5.69 Å². The number of aliphatic hydroxyl groups is 1. The Morgan fingerprint density at radius 1 is 1.33 bits per heavy atom. The molecule has 0 radical (unpaired) electrons. The lowest BCUT2D eigenvalue weighted by Crippen LogP contribution is -2.21. The fraction of sp³-hybridized carbons (Fsp3) is 0.357. The summed E-state index contributed by atoms with van der Waals surface area (Å²) in [5.41, 5.74) is 1.65. The molecule has 1 aromatic carbocycles. The van der Waals surface area contributed by atoms with Crippen LogP contribution in [0.2, 0.25) is 5.02 Å². The van der Waals surface area contributed by atoms with Gasteiger partial charge in [0.2, 0.25) is 0 Å². The van der Waals surface area contributed by atoms with Crippen molar-refractivity contribution in [2.75, 3.05) is 0 Å². The number of rotatable bonds is 1. The molecule has 0 amide bonds. The monoisotopic (exact) mass is 304 g/mol. The van der Waals surface area contributed by atoms with E-state index in [1.54, 1.807) is 22.8 Å². The lowest BCUT2D eigenvalue weighted by Gasteiger charge is -2.12. The van der Waals surface area contributed by atoms with Gasteiger partial charge in [-0.2, -0.15) is 0 Å². The maximum absolute atomic E-state index is 12.3. The van der Waals surface area contributed by atoms with Gasteiger partial charge in [-0.3, -0.25) is 9.55 Å². The quantitative estimate of drug-likeness (QED) is 0.720. The first-order valence-corrected chi connectivity index (χ1v) is 7.25. The standard InChI is InChI=1S/C14H13ClN4O2/c15-7-1-4-11-10(5-7)12-13(18-17-11)16-14(21)19(12)8-2-3-9(20)6-8/h1,4-5,8-9,20H,2-3,6H2,(H,16,18,21)/t8-,9-/m1/s1. The number of hydrogen-bond acceptors (Lipinski definition) is 4. The van der Waals surface area contributed by atoms with Gasteiger partial charge in [0.25, 0.3) is 0 Å². The van der Waals surface area contributed by atoms with Crippen LogP contribution < -0.4 is 5.69 Å². The molecule has 0 spiro atoms. The van der Waals surface area contributed by atoms with E-state index < -0.39 is 0 Å². The topological polar surface area (TPSA) is 83.8 Å². The molecule has 0 unspecified atom stereocenters. The molecule has 4 rings (SSSR count). The molecule has 0 bridgehead atoms. The summed E-state index contributed by atoms with van der Waals surface area (Å²) in [7, 11) is 0. The number of aromatic nitrogens is 4. The molecule has 2 aromatic heterocycles. The van der Waals surface area contributed by atoms with Crippen LogP contribution in [0, 0.1) is 0 Å². The first-order valence-electron chi connectivity index (χ1n) is 6.87. The van der Waals surface area contributed by atoms with E-state index in [0.29, 0.717) is 34.5 Å². The van der Waals surface area contributed by atoms with Crippen molar-refractivity contribution in [2.24, 2.45) is 0 Å². The number of fused-ring (bicyclic) bond motifs is 3. The smallest absolute Gasteiger partial charge is 0.327 e. The van der Waals surface area contributed by atoms with E-state index in [1.807, 2.05) is 0 Å². The number of imidazole rings is 1. The Bertz CT molecular complexity index is 901. The van der Waals surface area contributed by atoms with Gasteiger partial charge in [0, 0.05) is 16.5 Å². The molecule has 21 heavy (non-hydrogen) atoms. The van der Waals surface area contributed by atoms with Crippen LogP contribution in [0.5, 0.6) is 0 Å². The van der Waals surface area contributed by atoms with Gasteiger partial charge in [-0.1, -0.05) is 11.6 Å². The SMILES string of the molecule is O=c1[nH]c2nnc3ccc(Cl)cc3c2n1[C@@H]1CC[C@@H](O)C1. The van der Waals surface area contributed by atoms with Crippen LogP contribution in [-0.4, -0.2) is 31.0 Å². The van der Waals surface area contributed by atoms with Crippen molar-refractivity contribution in [1.29, 1.82) is 0 Å². The maximum Gasteiger partial charge on any atom is 0.327 e. The average molecular weight is 305 g/mol. The number of aromatic amines is 1. The van der Waals surface area contributed by atoms with E-state index in [9.17, 15) is 9.90 Å². The molecule has 0 aliphatic heterocycles. The summed E-state index contributed by atoms with van der Waals surface area (Å²) in [6.45, 7) is 0. The zero-order valence-electron chi connectivity index (χ0n) is 11.1. The molecule has 7 heteroatoms. The highest BCUT2D eigenvalue weighted by Gasteiger charge is 2.28. The molecule has 1 aliphatic rings. The summed E-state index contributed by atoms with van der Waals surface area (Å²) in [4.78, 5) is 15.0. The Hall–Kier alpha value is -1.92. The Morgan fingerprint density at radius 3 is 2.95 bits per heavy atom. The third-order valence-electron chi connectivity index (χ3n) is 4.12. The molecule has 1 saturated carbocycles. The summed E-state index contributed by atoms with van der Waals surface area (Å²) >= 11 is 6.08. The van der Waals surface area contributed by atoms with Gasteiger partial charge in [-0.15, -0.1) is 10.2 Å². The van der Waals surface area contributed by atoms with Gasteiger partial charge in [0.05, 0.1) is 11.6 Å². The minimum absolute atomic E-state index is 0.0207. The molecule has 2 atom stereocenters. The van der Waals surface area contributed by atoms with Crippen molar-refractivity contribution in [3.63, 3.8) is 0 Å². The predicted octanol–water partition coefficient (Wildman–Crippen LogP) is 2.01. The molecular weight excluding hydrogens is 292 g/mol. The minimum Gasteiger partial charge on any atom is -0.393 e. The molecule has 6 nitrogen and oxygen atoms in total. The van der Waals surface area contributed by atoms with Gasteiger partial charge in [-0.25, -0.2) is 4.79 Å². The summed E-state index contributed by atoms with van der Waals surface area (Å²) in [5, 5.41) is 19.3. The lowest BCUT2D eigenvalue weighted by atomic mass is 10.2. The Labute approximate surface area is 124 Å². The number of aliphatic hydroxyl groups excluding tert-OH is 1. The number of halogens is 1. The molecule has 1 fully saturated rings. The van der Waals surface area contributed by atoms with Gasteiger partial charge in [0.15, 0.2) is 5.65 Å². The van der Waals surface area contributed by atoms with Crippen LogP contribution in [0.1, 0.15) is 25.3 Å². The van der Waals surface area contributed by atoms with Gasteiger partial charge in [-0.05, 0) is 37.5 Å². The number of hydrogen-bond donors (Lipinski definition) is 2. The van der Waals surface area contributed by atoms with Crippen molar-refractivity contribution in [2.45, 2.75) is 31.4 Å². The van der Waals surface area contributed by atoms with E-state index in [-0.39, 0.29) is 17.8 Å². The molecule has 1 aliphatic carbocycles. The number of nitrogens with one attached hydrogen (secondary N) is 1. The molecule has 2 heterocycles. The van der Waals surface area contributed by atoms with Gasteiger partial charge in [0.1, 0.15) is 5.52 Å². The normalized spacial score (nSPS) is 22.4. The van der Waals surface area contributed by atoms with E-state index in [4.69, 9.17) is 11.6 Å². The van der Waals surface area contributed by atoms with E-state index in [0.717, 1.165) is 11.8 Å². The molecular formula is C14H13ClN4O2. The highest BCUT2D eigenvalue weighted by atomic mass is 35.5. The highest BCUT2D eigenvalue weighted by molar-refractivity contribution is 6.31. The van der Waals surface area contributed by atoms with Crippen LogP contribution in [0.4, 0.5) is 0 Å². The maximum atomic E-state index is 12.3. The zero-order valence-corrected chi connectivity index (χ0v) is 11.8. The largest absolute Gasteiger partial charge is 0.393 e. The van der Waals surface area contributed by atoms with Gasteiger partial charge < -0.3 is 5.11 Å². The summed E-state index contributed by atoms with van der Waals surface area (Å²) < 4.78 is 1.69. The average Bonchev–Trinajstić information content (AvgIpc) is 3.01. The fourth-order valence-corrected chi connectivity index (χ4v) is 3.34. The fourth-order valence-electron chi connectivity index (χ4n) is 3.17. The van der Waals surface area contributed by atoms with Crippen molar-refractivity contribution in [3.8, 4) is 0 Å². The van der Waals surface area contributed by atoms with Crippen molar-refractivity contribution < 1.29 is 5.11 Å². The van der Waals surface area contributed by atoms with Crippen LogP contribution >= 0.6 is 11.6 Å². The molecule has 2 N–H and O–H groups in total. The van der Waals surface area contributed by atoms with Crippen LogP contribution in [-0.2, 0) is 0 Å². The second-order valence-corrected chi connectivity index (χ2v) is 5.92. The number of H-pyrrole nitrogens is 1. The first kappa shape index (κ1) is 12.8. The molecule has 0 saturated heterocycles. The summed E-state index contributed by atoms with van der Waals surface area (Å²) in [6.07, 6.45) is 1.72. The second-order valence-electron chi connectivity index (χ2n) is 5.48. The molecule has 3 aromatic rings. The second kappa shape index (κ2) is 4.54. The minimum atomic E-state index is -0.350. The number of benzene rings is 1. The van der Waals surface area contributed by atoms with Crippen molar-refractivity contribution in [1.82, 2.24) is 19.7 Å². The lowest BCUT2D eigenvalue weighted by molar-refractivity contribution is 0.178. The van der Waals surface area contributed by atoms with Crippen LogP contribution in [0.15, 0.2) is 23.0 Å². The van der Waals surface area contributed by atoms with E-state index in [1.165, 1.54) is 0 Å². The third kappa shape index (κ3) is 1.94. The Morgan fingerprint density at radius 2 is 2.19 bits per heavy atom. The van der Waals surface area contributed by atoms with E-state index >= 15 is 0 Å². The first-order chi connectivity index (χ1) is 10.1. The number of nitrogens with zero attached hydrogens (tertiary/aromatic N) is 3. The zero-order chi connectivity index (χ0) is 14.6. The third-order valence-corrected chi connectivity index (χ3v) is 4.36. The Balaban J connectivity index is 2.07. The van der Waals surface area contributed by atoms with Crippen LogP contribution in [0.25, 0.3) is 22.1 Å². The highest BCUT2D eigenvalue weighted by Crippen LogP contribution is 2.33. The van der Waals surface area contributed by atoms with Crippen molar-refractivity contribution >= 4 is 33.7 Å². The predicted molar refractivity (Wildman–Crippen MR) is 79.6 cm³/mol. The van der Waals surface area contributed by atoms with Crippen molar-refractivity contribution in [3.05, 3.63) is 33.7 Å².